The van der Waals surface area contributed by atoms with Crippen molar-refractivity contribution in [1.29, 1.82) is 0 Å². The van der Waals surface area contributed by atoms with Gasteiger partial charge >= 0.3 is 0 Å². The van der Waals surface area contributed by atoms with Gasteiger partial charge in [0.2, 0.25) is 5.91 Å². The summed E-state index contributed by atoms with van der Waals surface area (Å²) in [5.41, 5.74) is 2.87. The van der Waals surface area contributed by atoms with Gasteiger partial charge in [-0.3, -0.25) is 9.59 Å². The first kappa shape index (κ1) is 19.4. The van der Waals surface area contributed by atoms with Crippen LogP contribution < -0.4 is 9.47 Å². The first-order valence-electron chi connectivity index (χ1n) is 9.94. The van der Waals surface area contributed by atoms with Crippen LogP contribution >= 0.6 is 0 Å². The highest BCUT2D eigenvalue weighted by Gasteiger charge is 2.32. The maximum Gasteiger partial charge on any atom is 0.257 e. The summed E-state index contributed by atoms with van der Waals surface area (Å²) in [5, 5.41) is 0. The zero-order valence-electron chi connectivity index (χ0n) is 16.8. The third-order valence-corrected chi connectivity index (χ3v) is 5.93. The Bertz CT molecular complexity index is 885. The van der Waals surface area contributed by atoms with E-state index in [2.05, 4.69) is 0 Å². The highest BCUT2D eigenvalue weighted by Crippen LogP contribution is 2.34. The summed E-state index contributed by atoms with van der Waals surface area (Å²) in [4.78, 5) is 29.3. The predicted molar refractivity (Wildman–Crippen MR) is 106 cm³/mol. The highest BCUT2D eigenvalue weighted by atomic mass is 16.5. The van der Waals surface area contributed by atoms with Gasteiger partial charge in [-0.25, -0.2) is 0 Å². The van der Waals surface area contributed by atoms with Crippen molar-refractivity contribution in [3.63, 3.8) is 0 Å². The Kier molecular flexibility index (Phi) is 5.47. The van der Waals surface area contributed by atoms with Gasteiger partial charge in [-0.15, -0.1) is 0 Å². The molecule has 1 fully saturated rings. The van der Waals surface area contributed by atoms with E-state index in [-0.39, 0.29) is 17.7 Å². The maximum absolute atomic E-state index is 13.1. The molecule has 4 rings (SSSR count). The number of carbonyl (C=O) groups is 2. The molecule has 0 saturated carbocycles. The smallest absolute Gasteiger partial charge is 0.257 e. The van der Waals surface area contributed by atoms with Crippen molar-refractivity contribution in [2.45, 2.75) is 25.8 Å². The number of rotatable bonds is 4. The summed E-state index contributed by atoms with van der Waals surface area (Å²) in [5.74, 6) is 1.52. The van der Waals surface area contributed by atoms with E-state index < -0.39 is 0 Å². The second-order valence-electron chi connectivity index (χ2n) is 7.56. The zero-order chi connectivity index (χ0) is 20.4. The van der Waals surface area contributed by atoms with Gasteiger partial charge in [0.05, 0.1) is 26.0 Å². The van der Waals surface area contributed by atoms with Crippen LogP contribution in [0.5, 0.6) is 11.5 Å². The van der Waals surface area contributed by atoms with Crippen molar-refractivity contribution in [2.24, 2.45) is 5.92 Å². The second kappa shape index (κ2) is 8.19. The predicted octanol–water partition coefficient (Wildman–Crippen LogP) is 2.73. The molecular formula is C22H26N2O5. The lowest BCUT2D eigenvalue weighted by Gasteiger charge is -2.36. The number of piperidine rings is 1. The average Bonchev–Trinajstić information content (AvgIpc) is 3.31. The molecule has 0 unspecified atom stereocenters. The summed E-state index contributed by atoms with van der Waals surface area (Å²) in [6.07, 6.45) is 5.16. The summed E-state index contributed by atoms with van der Waals surface area (Å²) >= 11 is 0. The van der Waals surface area contributed by atoms with Gasteiger partial charge in [0, 0.05) is 32.1 Å². The first-order valence-corrected chi connectivity index (χ1v) is 9.94. The quantitative estimate of drug-likeness (QED) is 0.792. The van der Waals surface area contributed by atoms with Gasteiger partial charge in [-0.1, -0.05) is 0 Å². The Morgan fingerprint density at radius 2 is 1.69 bits per heavy atom. The average molecular weight is 398 g/mol. The molecule has 0 aliphatic carbocycles. The minimum Gasteiger partial charge on any atom is -0.493 e. The van der Waals surface area contributed by atoms with Gasteiger partial charge in [-0.05, 0) is 48.6 Å². The van der Waals surface area contributed by atoms with Gasteiger partial charge in [-0.2, -0.15) is 0 Å². The fourth-order valence-electron chi connectivity index (χ4n) is 4.23. The van der Waals surface area contributed by atoms with Crippen molar-refractivity contribution >= 4 is 11.8 Å². The van der Waals surface area contributed by atoms with E-state index >= 15 is 0 Å². The number of likely N-dealkylation sites (tertiary alicyclic amines) is 1. The van der Waals surface area contributed by atoms with Crippen LogP contribution in [0.2, 0.25) is 0 Å². The molecule has 1 aromatic carbocycles. The number of benzene rings is 1. The van der Waals surface area contributed by atoms with Crippen molar-refractivity contribution in [3.8, 4) is 11.5 Å². The molecule has 1 aromatic heterocycles. The van der Waals surface area contributed by atoms with Crippen LogP contribution in [0.3, 0.4) is 0 Å². The van der Waals surface area contributed by atoms with Crippen molar-refractivity contribution < 1.29 is 23.5 Å². The Morgan fingerprint density at radius 3 is 2.31 bits per heavy atom. The van der Waals surface area contributed by atoms with E-state index in [1.54, 1.807) is 25.2 Å². The van der Waals surface area contributed by atoms with Crippen molar-refractivity contribution in [3.05, 3.63) is 47.4 Å². The number of ether oxygens (including phenoxy) is 2. The summed E-state index contributed by atoms with van der Waals surface area (Å²) in [6.45, 7) is 2.48. The van der Waals surface area contributed by atoms with Gasteiger partial charge in [0.25, 0.3) is 5.91 Å². The van der Waals surface area contributed by atoms with Gasteiger partial charge in [0.15, 0.2) is 11.5 Å². The molecule has 154 valence electrons. The molecule has 7 nitrogen and oxygen atoms in total. The van der Waals surface area contributed by atoms with Crippen LogP contribution in [0.15, 0.2) is 35.1 Å². The van der Waals surface area contributed by atoms with Crippen LogP contribution in [0, 0.1) is 5.92 Å². The molecule has 2 amide bonds. The molecule has 0 N–H and O–H groups in total. The van der Waals surface area contributed by atoms with Gasteiger partial charge in [0.1, 0.15) is 6.26 Å². The summed E-state index contributed by atoms with van der Waals surface area (Å²) in [7, 11) is 3.25. The molecule has 29 heavy (non-hydrogen) atoms. The number of hydrogen-bond donors (Lipinski definition) is 0. The van der Waals surface area contributed by atoms with E-state index in [0.29, 0.717) is 50.3 Å². The Balaban J connectivity index is 1.38. The fourth-order valence-corrected chi connectivity index (χ4v) is 4.23. The van der Waals surface area contributed by atoms with Crippen LogP contribution in [-0.4, -0.2) is 55.5 Å². The van der Waals surface area contributed by atoms with Crippen molar-refractivity contribution in [2.75, 3.05) is 33.9 Å². The summed E-state index contributed by atoms with van der Waals surface area (Å²) < 4.78 is 15.8. The number of methoxy groups -OCH3 is 2. The van der Waals surface area contributed by atoms with E-state index in [9.17, 15) is 9.59 Å². The third kappa shape index (κ3) is 3.81. The molecule has 0 radical (unpaired) electrons. The topological polar surface area (TPSA) is 72.2 Å². The van der Waals surface area contributed by atoms with Crippen molar-refractivity contribution in [1.82, 2.24) is 9.80 Å². The lowest BCUT2D eigenvalue weighted by molar-refractivity contribution is -0.137. The molecule has 0 bridgehead atoms. The minimum absolute atomic E-state index is 0.0300. The number of furan rings is 1. The fraction of sp³-hybridized carbons (Fsp3) is 0.455. The second-order valence-corrected chi connectivity index (χ2v) is 7.56. The van der Waals surface area contributed by atoms with Crippen LogP contribution in [0.4, 0.5) is 0 Å². The zero-order valence-corrected chi connectivity index (χ0v) is 16.8. The molecule has 1 saturated heterocycles. The van der Waals surface area contributed by atoms with Crippen LogP contribution in [0.25, 0.3) is 0 Å². The monoisotopic (exact) mass is 398 g/mol. The minimum atomic E-state index is -0.0370. The molecule has 7 heteroatoms. The maximum atomic E-state index is 13.1. The molecular weight excluding hydrogens is 372 g/mol. The van der Waals surface area contributed by atoms with E-state index in [1.165, 1.54) is 18.1 Å². The molecule has 2 aromatic rings. The Labute approximate surface area is 170 Å². The number of carbonyl (C=O) groups excluding carboxylic acids is 2. The first-order chi connectivity index (χ1) is 14.1. The number of amides is 2. The molecule has 0 atom stereocenters. The van der Waals surface area contributed by atoms with Gasteiger partial charge < -0.3 is 23.7 Å². The molecule has 0 spiro atoms. The highest BCUT2D eigenvalue weighted by molar-refractivity contribution is 5.94. The number of fused-ring (bicyclic) bond motifs is 1. The normalized spacial score (nSPS) is 17.0. The summed E-state index contributed by atoms with van der Waals surface area (Å²) in [6, 6.07) is 5.66. The van der Waals surface area contributed by atoms with Crippen LogP contribution in [0.1, 0.15) is 34.3 Å². The standard InChI is InChI=1S/C22H26N2O5/c1-27-19-11-16-5-9-24(13-18(16)12-20(19)28-2)21(25)15-3-7-23(8-4-15)22(26)17-6-10-29-14-17/h6,10-12,14-15H,3-5,7-9,13H2,1-2H3. The lowest BCUT2D eigenvalue weighted by atomic mass is 9.92. The lowest BCUT2D eigenvalue weighted by Crippen LogP contribution is -2.45. The molecule has 3 heterocycles. The van der Waals surface area contributed by atoms with E-state index in [1.807, 2.05) is 17.0 Å². The van der Waals surface area contributed by atoms with E-state index in [4.69, 9.17) is 13.9 Å². The Hall–Kier alpha value is -2.96. The Morgan fingerprint density at radius 1 is 1.00 bits per heavy atom. The molecule has 2 aliphatic rings. The SMILES string of the molecule is COc1cc2c(cc1OC)CN(C(=O)C1CCN(C(=O)c3ccoc3)CC1)CC2. The third-order valence-electron chi connectivity index (χ3n) is 5.93. The number of nitrogens with zero attached hydrogens (tertiary/aromatic N) is 2. The largest absolute Gasteiger partial charge is 0.493 e. The van der Waals surface area contributed by atoms with Crippen LogP contribution in [-0.2, 0) is 17.8 Å². The number of hydrogen-bond acceptors (Lipinski definition) is 5. The van der Waals surface area contributed by atoms with E-state index in [0.717, 1.165) is 17.7 Å². The molecule has 2 aliphatic heterocycles.